The average Bonchev–Trinajstić information content (AvgIpc) is 2.92. The van der Waals surface area contributed by atoms with Gasteiger partial charge in [-0.25, -0.2) is 4.99 Å². The van der Waals surface area contributed by atoms with E-state index in [2.05, 4.69) is 10.3 Å². The van der Waals surface area contributed by atoms with Gasteiger partial charge in [-0.1, -0.05) is 23.2 Å². The summed E-state index contributed by atoms with van der Waals surface area (Å²) in [5.41, 5.74) is 1.31. The Bertz CT molecular complexity index is 896. The van der Waals surface area contributed by atoms with Gasteiger partial charge < -0.3 is 15.2 Å². The normalized spacial score (nSPS) is 17.2. The first-order chi connectivity index (χ1) is 12.0. The minimum atomic E-state index is -0.263. The second-order valence-electron chi connectivity index (χ2n) is 5.01. The molecule has 0 atom stereocenters. The minimum absolute atomic E-state index is 0.139. The molecule has 0 spiro atoms. The summed E-state index contributed by atoms with van der Waals surface area (Å²) in [7, 11) is 1.43. The van der Waals surface area contributed by atoms with Crippen molar-refractivity contribution < 1.29 is 14.6 Å². The van der Waals surface area contributed by atoms with Crippen molar-refractivity contribution in [3.63, 3.8) is 0 Å². The van der Waals surface area contributed by atoms with Crippen molar-refractivity contribution in [1.29, 1.82) is 0 Å². The Balaban J connectivity index is 1.86. The van der Waals surface area contributed by atoms with Gasteiger partial charge in [0.05, 0.1) is 22.7 Å². The van der Waals surface area contributed by atoms with Gasteiger partial charge in [-0.2, -0.15) is 0 Å². The second-order valence-corrected chi connectivity index (χ2v) is 6.89. The van der Waals surface area contributed by atoms with Crippen molar-refractivity contribution in [2.75, 3.05) is 7.11 Å². The van der Waals surface area contributed by atoms with E-state index in [9.17, 15) is 9.90 Å². The standard InChI is InChI=1S/C17H12Cl2N2O3S/c1-24-13-7-9(6-12(19)15(13)22)8-14-16(23)21-17(25-14)20-11-4-2-10(18)3-5-11/h2-8,22H,1H3,(H,20,21,23)/b14-8-. The SMILES string of the molecule is COc1cc(/C=C2\SC(=Nc3ccc(Cl)cc3)NC2=O)cc(Cl)c1O. The van der Waals surface area contributed by atoms with Crippen LogP contribution >= 0.6 is 35.0 Å². The van der Waals surface area contributed by atoms with Crippen molar-refractivity contribution in [2.45, 2.75) is 0 Å². The van der Waals surface area contributed by atoms with Gasteiger partial charge in [0.25, 0.3) is 5.91 Å². The number of carbonyl (C=O) groups excluding carboxylic acids is 1. The number of phenolic OH excluding ortho intramolecular Hbond substituents is 1. The van der Waals surface area contributed by atoms with Gasteiger partial charge in [0.15, 0.2) is 16.7 Å². The molecule has 1 amide bonds. The fourth-order valence-corrected chi connectivity index (χ4v) is 3.28. The first-order valence-electron chi connectivity index (χ1n) is 7.08. The largest absolute Gasteiger partial charge is 0.503 e. The molecular weight excluding hydrogens is 383 g/mol. The fourth-order valence-electron chi connectivity index (χ4n) is 2.10. The van der Waals surface area contributed by atoms with Gasteiger partial charge in [0.2, 0.25) is 0 Å². The summed E-state index contributed by atoms with van der Waals surface area (Å²) in [5, 5.41) is 13.7. The second kappa shape index (κ2) is 7.39. The molecule has 3 rings (SSSR count). The lowest BCUT2D eigenvalue weighted by molar-refractivity contribution is -0.115. The summed E-state index contributed by atoms with van der Waals surface area (Å²) in [6, 6.07) is 10.1. The Morgan fingerprint density at radius 1 is 1.24 bits per heavy atom. The van der Waals surface area contributed by atoms with Gasteiger partial charge >= 0.3 is 0 Å². The zero-order valence-corrected chi connectivity index (χ0v) is 15.2. The quantitative estimate of drug-likeness (QED) is 0.746. The van der Waals surface area contributed by atoms with Gasteiger partial charge in [0, 0.05) is 5.02 Å². The number of nitrogens with zero attached hydrogens (tertiary/aromatic N) is 1. The van der Waals surface area contributed by atoms with E-state index < -0.39 is 0 Å². The summed E-state index contributed by atoms with van der Waals surface area (Å²) in [4.78, 5) is 16.9. The van der Waals surface area contributed by atoms with Crippen LogP contribution in [0.25, 0.3) is 6.08 Å². The number of rotatable bonds is 3. The highest BCUT2D eigenvalue weighted by atomic mass is 35.5. The number of halogens is 2. The molecule has 0 unspecified atom stereocenters. The molecule has 128 valence electrons. The molecule has 0 saturated carbocycles. The summed E-state index contributed by atoms with van der Waals surface area (Å²) >= 11 is 13.0. The number of aliphatic imine (C=N–C) groups is 1. The van der Waals surface area contributed by atoms with Crippen LogP contribution < -0.4 is 10.1 Å². The molecule has 1 fully saturated rings. The lowest BCUT2D eigenvalue weighted by Crippen LogP contribution is -2.19. The fraction of sp³-hybridized carbons (Fsp3) is 0.0588. The Labute approximate surface area is 158 Å². The maximum atomic E-state index is 12.1. The lowest BCUT2D eigenvalue weighted by atomic mass is 10.2. The Morgan fingerprint density at radius 3 is 2.64 bits per heavy atom. The highest BCUT2D eigenvalue weighted by Crippen LogP contribution is 2.36. The van der Waals surface area contributed by atoms with Crippen LogP contribution in [0, 0.1) is 0 Å². The van der Waals surface area contributed by atoms with E-state index in [0.29, 0.717) is 26.3 Å². The summed E-state index contributed by atoms with van der Waals surface area (Å²) < 4.78 is 5.06. The molecule has 5 nitrogen and oxygen atoms in total. The number of amidine groups is 1. The zero-order valence-electron chi connectivity index (χ0n) is 12.9. The predicted molar refractivity (Wildman–Crippen MR) is 102 cm³/mol. The number of phenols is 1. The number of benzene rings is 2. The van der Waals surface area contributed by atoms with Crippen molar-refractivity contribution in [3.8, 4) is 11.5 Å². The average molecular weight is 395 g/mol. The number of thioether (sulfide) groups is 1. The van der Waals surface area contributed by atoms with Crippen molar-refractivity contribution >= 4 is 57.8 Å². The number of carbonyl (C=O) groups is 1. The number of methoxy groups -OCH3 is 1. The van der Waals surface area contributed by atoms with Crippen molar-refractivity contribution in [3.05, 3.63) is 56.9 Å². The van der Waals surface area contributed by atoms with Crippen LogP contribution in [0.5, 0.6) is 11.5 Å². The van der Waals surface area contributed by atoms with Gasteiger partial charge in [-0.3, -0.25) is 4.79 Å². The molecule has 2 N–H and O–H groups in total. The first kappa shape index (κ1) is 17.7. The third-order valence-electron chi connectivity index (χ3n) is 3.28. The van der Waals surface area contributed by atoms with Crippen LogP contribution in [0.15, 0.2) is 46.3 Å². The minimum Gasteiger partial charge on any atom is -0.503 e. The van der Waals surface area contributed by atoms with Gasteiger partial charge in [0.1, 0.15) is 0 Å². The van der Waals surface area contributed by atoms with Gasteiger partial charge in [-0.05, 0) is 59.8 Å². The van der Waals surface area contributed by atoms with E-state index in [4.69, 9.17) is 27.9 Å². The van der Waals surface area contributed by atoms with Gasteiger partial charge in [-0.15, -0.1) is 0 Å². The number of amides is 1. The lowest BCUT2D eigenvalue weighted by Gasteiger charge is -2.06. The topological polar surface area (TPSA) is 70.9 Å². The number of ether oxygens (including phenoxy) is 1. The third kappa shape index (κ3) is 4.10. The Morgan fingerprint density at radius 2 is 1.96 bits per heavy atom. The molecule has 2 aromatic rings. The van der Waals surface area contributed by atoms with Crippen molar-refractivity contribution in [2.24, 2.45) is 4.99 Å². The summed E-state index contributed by atoms with van der Waals surface area (Å²) in [6.07, 6.45) is 1.65. The van der Waals surface area contributed by atoms with E-state index in [0.717, 1.165) is 0 Å². The van der Waals surface area contributed by atoms with E-state index in [1.54, 1.807) is 42.5 Å². The van der Waals surface area contributed by atoms with Crippen LogP contribution in [0.2, 0.25) is 10.0 Å². The van der Waals surface area contributed by atoms with Crippen molar-refractivity contribution in [1.82, 2.24) is 5.32 Å². The zero-order chi connectivity index (χ0) is 18.0. The smallest absolute Gasteiger partial charge is 0.264 e. The Kier molecular flexibility index (Phi) is 5.22. The molecule has 1 saturated heterocycles. The molecule has 1 aliphatic rings. The molecule has 1 aliphatic heterocycles. The molecule has 0 aromatic heterocycles. The molecule has 0 bridgehead atoms. The first-order valence-corrected chi connectivity index (χ1v) is 8.65. The maximum Gasteiger partial charge on any atom is 0.264 e. The molecule has 1 heterocycles. The van der Waals surface area contributed by atoms with Crippen LogP contribution in [-0.4, -0.2) is 23.3 Å². The van der Waals surface area contributed by atoms with E-state index in [-0.39, 0.29) is 22.4 Å². The molecule has 8 heteroatoms. The predicted octanol–water partition coefficient (Wildman–Crippen LogP) is 4.60. The van der Waals surface area contributed by atoms with E-state index in [1.165, 1.54) is 18.9 Å². The molecule has 0 aliphatic carbocycles. The highest BCUT2D eigenvalue weighted by molar-refractivity contribution is 8.18. The maximum absolute atomic E-state index is 12.1. The van der Waals surface area contributed by atoms with Crippen LogP contribution in [0.1, 0.15) is 5.56 Å². The third-order valence-corrected chi connectivity index (χ3v) is 4.73. The number of hydrogen-bond donors (Lipinski definition) is 2. The number of hydrogen-bond acceptors (Lipinski definition) is 5. The van der Waals surface area contributed by atoms with Crippen LogP contribution in [0.4, 0.5) is 5.69 Å². The molecule has 25 heavy (non-hydrogen) atoms. The number of aromatic hydroxyl groups is 1. The highest BCUT2D eigenvalue weighted by Gasteiger charge is 2.24. The monoisotopic (exact) mass is 394 g/mol. The summed E-state index contributed by atoms with van der Waals surface area (Å²) in [5.74, 6) is -0.168. The Hall–Kier alpha value is -2.15. The molecule has 0 radical (unpaired) electrons. The molecule has 2 aromatic carbocycles. The molecular formula is C17H12Cl2N2O3S. The summed E-state index contributed by atoms with van der Waals surface area (Å²) in [6.45, 7) is 0. The van der Waals surface area contributed by atoms with E-state index >= 15 is 0 Å². The van der Waals surface area contributed by atoms with Crippen LogP contribution in [-0.2, 0) is 4.79 Å². The van der Waals surface area contributed by atoms with E-state index in [1.807, 2.05) is 0 Å². The number of nitrogens with one attached hydrogen (secondary N) is 1. The van der Waals surface area contributed by atoms with Crippen LogP contribution in [0.3, 0.4) is 0 Å².